The number of aromatic nitrogens is 4. The zero-order valence-corrected chi connectivity index (χ0v) is 17.1. The molecule has 1 aromatic heterocycles. The van der Waals surface area contributed by atoms with E-state index < -0.39 is 0 Å². The first kappa shape index (κ1) is 20.3. The van der Waals surface area contributed by atoms with Gasteiger partial charge in [0.05, 0.1) is 31.6 Å². The highest BCUT2D eigenvalue weighted by Gasteiger charge is 2.19. The highest BCUT2D eigenvalue weighted by atomic mass is 32.2. The number of hydrogen-bond donors (Lipinski definition) is 1. The van der Waals surface area contributed by atoms with E-state index in [1.807, 2.05) is 12.1 Å². The number of thioether (sulfide) groups is 1. The summed E-state index contributed by atoms with van der Waals surface area (Å²) in [6, 6.07) is 8.00. The van der Waals surface area contributed by atoms with E-state index in [1.54, 1.807) is 4.68 Å². The minimum absolute atomic E-state index is 0.0809. The van der Waals surface area contributed by atoms with Crippen molar-refractivity contribution in [2.24, 2.45) is 0 Å². The van der Waals surface area contributed by atoms with Crippen LogP contribution in [0.25, 0.3) is 0 Å². The lowest BCUT2D eigenvalue weighted by atomic mass is 10.2. The third kappa shape index (κ3) is 5.99. The summed E-state index contributed by atoms with van der Waals surface area (Å²) in [6.45, 7) is 5.83. The molecule has 29 heavy (non-hydrogen) atoms. The zero-order chi connectivity index (χ0) is 19.9. The molecule has 1 N–H and O–H groups in total. The molecule has 4 rings (SSSR count). The number of rotatable bonds is 8. The maximum Gasteiger partial charge on any atom is 0.234 e. The minimum atomic E-state index is -0.0809. The van der Waals surface area contributed by atoms with Crippen molar-refractivity contribution in [2.75, 3.05) is 44.0 Å². The van der Waals surface area contributed by atoms with Gasteiger partial charge in [-0.3, -0.25) is 9.69 Å². The van der Waals surface area contributed by atoms with Crippen LogP contribution in [0.1, 0.15) is 18.4 Å². The van der Waals surface area contributed by atoms with Crippen LogP contribution in [0.2, 0.25) is 0 Å². The summed E-state index contributed by atoms with van der Waals surface area (Å²) in [4.78, 5) is 14.7. The molecule has 0 saturated carbocycles. The van der Waals surface area contributed by atoms with E-state index in [-0.39, 0.29) is 17.8 Å². The van der Waals surface area contributed by atoms with Crippen LogP contribution in [0, 0.1) is 0 Å². The predicted molar refractivity (Wildman–Crippen MR) is 109 cm³/mol. The lowest BCUT2D eigenvalue weighted by Crippen LogP contribution is -2.35. The summed E-state index contributed by atoms with van der Waals surface area (Å²) in [5.74, 6) is 0.170. The summed E-state index contributed by atoms with van der Waals surface area (Å²) in [5, 5.41) is 15.3. The smallest absolute Gasteiger partial charge is 0.234 e. The maximum atomic E-state index is 12.3. The summed E-state index contributed by atoms with van der Waals surface area (Å²) in [6.07, 6.45) is 2.25. The zero-order valence-electron chi connectivity index (χ0n) is 16.3. The lowest BCUT2D eigenvalue weighted by molar-refractivity contribution is -0.113. The fraction of sp³-hybridized carbons (Fsp3) is 0.579. The molecule has 0 spiro atoms. The van der Waals surface area contributed by atoms with Crippen molar-refractivity contribution < 1.29 is 14.3 Å². The van der Waals surface area contributed by atoms with Crippen LogP contribution in [0.3, 0.4) is 0 Å². The van der Waals surface area contributed by atoms with Gasteiger partial charge in [0, 0.05) is 31.9 Å². The fourth-order valence-electron chi connectivity index (χ4n) is 3.43. The maximum absolute atomic E-state index is 12.3. The van der Waals surface area contributed by atoms with Gasteiger partial charge in [-0.1, -0.05) is 23.9 Å². The predicted octanol–water partition coefficient (Wildman–Crippen LogP) is 1.42. The third-order valence-corrected chi connectivity index (χ3v) is 5.94. The van der Waals surface area contributed by atoms with Crippen LogP contribution in [-0.4, -0.2) is 75.8 Å². The van der Waals surface area contributed by atoms with E-state index in [2.05, 4.69) is 37.9 Å². The quantitative estimate of drug-likeness (QED) is 0.643. The topological polar surface area (TPSA) is 94.4 Å². The molecule has 10 heteroatoms. The first-order valence-electron chi connectivity index (χ1n) is 9.96. The standard InChI is InChI=1S/C19H26N6O3S/c26-18(14-29-19-21-22-23-25(19)13-17-2-1-9-28-17)20-16-5-3-15(4-6-16)12-24-7-10-27-11-8-24/h3-6,17H,1-2,7-14H2,(H,20,26)/t17-/m1/s1. The Bertz CT molecular complexity index is 787. The van der Waals surface area contributed by atoms with E-state index >= 15 is 0 Å². The summed E-state index contributed by atoms with van der Waals surface area (Å²) in [7, 11) is 0. The van der Waals surface area contributed by atoms with Crippen molar-refractivity contribution in [2.45, 2.75) is 37.2 Å². The van der Waals surface area contributed by atoms with Crippen molar-refractivity contribution in [1.29, 1.82) is 0 Å². The van der Waals surface area contributed by atoms with Gasteiger partial charge in [-0.2, -0.15) is 0 Å². The Morgan fingerprint density at radius 2 is 2.03 bits per heavy atom. The molecule has 2 aromatic rings. The average molecular weight is 419 g/mol. The Kier molecular flexibility index (Phi) is 7.09. The van der Waals surface area contributed by atoms with Gasteiger partial charge in [-0.05, 0) is 41.0 Å². The Balaban J connectivity index is 1.23. The molecule has 0 unspecified atom stereocenters. The van der Waals surface area contributed by atoms with Crippen LogP contribution in [-0.2, 0) is 27.4 Å². The number of ether oxygens (including phenoxy) is 2. The van der Waals surface area contributed by atoms with Crippen LogP contribution < -0.4 is 5.32 Å². The number of benzene rings is 1. The van der Waals surface area contributed by atoms with Crippen LogP contribution in [0.5, 0.6) is 0 Å². The molecule has 0 bridgehead atoms. The summed E-state index contributed by atoms with van der Waals surface area (Å²) < 4.78 is 12.7. The van der Waals surface area contributed by atoms with Gasteiger partial charge in [0.2, 0.25) is 11.1 Å². The first-order chi connectivity index (χ1) is 14.3. The second-order valence-electron chi connectivity index (χ2n) is 7.20. The van der Waals surface area contributed by atoms with Gasteiger partial charge in [0.15, 0.2) is 0 Å². The van der Waals surface area contributed by atoms with Crippen molar-refractivity contribution in [1.82, 2.24) is 25.1 Å². The van der Waals surface area contributed by atoms with E-state index in [0.717, 1.165) is 58.0 Å². The molecule has 156 valence electrons. The number of carbonyl (C=O) groups is 1. The number of anilines is 1. The fourth-order valence-corrected chi connectivity index (χ4v) is 4.12. The molecule has 2 saturated heterocycles. The number of nitrogens with one attached hydrogen (secondary N) is 1. The van der Waals surface area contributed by atoms with Crippen molar-refractivity contribution in [3.63, 3.8) is 0 Å². The highest BCUT2D eigenvalue weighted by molar-refractivity contribution is 7.99. The van der Waals surface area contributed by atoms with Gasteiger partial charge in [-0.25, -0.2) is 4.68 Å². The van der Waals surface area contributed by atoms with E-state index in [1.165, 1.54) is 17.3 Å². The van der Waals surface area contributed by atoms with E-state index in [4.69, 9.17) is 9.47 Å². The minimum Gasteiger partial charge on any atom is -0.379 e. The highest BCUT2D eigenvalue weighted by Crippen LogP contribution is 2.19. The van der Waals surface area contributed by atoms with Crippen molar-refractivity contribution >= 4 is 23.4 Å². The molecule has 2 aliphatic heterocycles. The molecule has 1 aromatic carbocycles. The second kappa shape index (κ2) is 10.1. The molecule has 2 fully saturated rings. The number of carbonyl (C=O) groups excluding carboxylic acids is 1. The van der Waals surface area contributed by atoms with Gasteiger partial charge in [-0.15, -0.1) is 5.10 Å². The number of amides is 1. The van der Waals surface area contributed by atoms with Crippen molar-refractivity contribution in [3.05, 3.63) is 29.8 Å². The third-order valence-electron chi connectivity index (χ3n) is 4.98. The SMILES string of the molecule is O=C(CSc1nnnn1C[C@H]1CCCO1)Nc1ccc(CN2CCOCC2)cc1. The van der Waals surface area contributed by atoms with Gasteiger partial charge in [0.1, 0.15) is 0 Å². The number of hydrogen-bond acceptors (Lipinski definition) is 8. The number of tetrazole rings is 1. The Labute approximate surface area is 174 Å². The molecule has 2 aliphatic rings. The normalized spacial score (nSPS) is 20.1. The molecular weight excluding hydrogens is 392 g/mol. The van der Waals surface area contributed by atoms with Gasteiger partial charge < -0.3 is 14.8 Å². The van der Waals surface area contributed by atoms with Gasteiger partial charge in [0.25, 0.3) is 0 Å². The Hall–Kier alpha value is -2.01. The van der Waals surface area contributed by atoms with Crippen molar-refractivity contribution in [3.8, 4) is 0 Å². The monoisotopic (exact) mass is 418 g/mol. The van der Waals surface area contributed by atoms with Crippen LogP contribution in [0.4, 0.5) is 5.69 Å². The van der Waals surface area contributed by atoms with Crippen LogP contribution in [0.15, 0.2) is 29.4 Å². The van der Waals surface area contributed by atoms with Crippen LogP contribution >= 0.6 is 11.8 Å². The first-order valence-corrected chi connectivity index (χ1v) is 10.9. The molecule has 1 amide bonds. The van der Waals surface area contributed by atoms with Gasteiger partial charge >= 0.3 is 0 Å². The molecular formula is C19H26N6O3S. The molecule has 0 radical (unpaired) electrons. The summed E-state index contributed by atoms with van der Waals surface area (Å²) in [5.41, 5.74) is 2.02. The summed E-state index contributed by atoms with van der Waals surface area (Å²) >= 11 is 1.33. The molecule has 0 aliphatic carbocycles. The number of morpholine rings is 1. The molecule has 9 nitrogen and oxygen atoms in total. The van der Waals surface area contributed by atoms with E-state index in [0.29, 0.717) is 11.7 Å². The Morgan fingerprint density at radius 3 is 2.79 bits per heavy atom. The van der Waals surface area contributed by atoms with E-state index in [9.17, 15) is 4.79 Å². The number of nitrogens with zero attached hydrogens (tertiary/aromatic N) is 5. The largest absolute Gasteiger partial charge is 0.379 e. The Morgan fingerprint density at radius 1 is 1.21 bits per heavy atom. The average Bonchev–Trinajstić information content (AvgIpc) is 3.41. The lowest BCUT2D eigenvalue weighted by Gasteiger charge is -2.26. The second-order valence-corrected chi connectivity index (χ2v) is 8.14. The molecule has 1 atom stereocenters. The molecule has 3 heterocycles.